The fourth-order valence-electron chi connectivity index (χ4n) is 3.46. The summed E-state index contributed by atoms with van der Waals surface area (Å²) in [6.45, 7) is -0.483. The van der Waals surface area contributed by atoms with Crippen LogP contribution in [0.2, 0.25) is 0 Å². The quantitative estimate of drug-likeness (QED) is 0.605. The van der Waals surface area contributed by atoms with Crippen molar-refractivity contribution in [2.75, 3.05) is 30.3 Å². The lowest BCUT2D eigenvalue weighted by Crippen LogP contribution is -2.38. The number of urea groups is 1. The van der Waals surface area contributed by atoms with Gasteiger partial charge in [0.05, 0.1) is 28.8 Å². The molecule has 3 aliphatic heterocycles. The van der Waals surface area contributed by atoms with E-state index in [-0.39, 0.29) is 30.2 Å². The lowest BCUT2D eigenvalue weighted by molar-refractivity contribution is -0.137. The van der Waals surface area contributed by atoms with Crippen molar-refractivity contribution in [1.82, 2.24) is 10.2 Å². The highest BCUT2D eigenvalue weighted by Gasteiger charge is 2.49. The molecule has 12 heteroatoms. The molecule has 1 aromatic rings. The van der Waals surface area contributed by atoms with Gasteiger partial charge < -0.3 is 20.3 Å². The average molecular weight is 398 g/mol. The van der Waals surface area contributed by atoms with Crippen LogP contribution in [-0.2, 0) is 20.6 Å². The number of nitrogens with one attached hydrogen (secondary N) is 3. The van der Waals surface area contributed by atoms with Crippen molar-refractivity contribution in [2.24, 2.45) is 11.8 Å². The zero-order valence-electron chi connectivity index (χ0n) is 14.1. The van der Waals surface area contributed by atoms with Crippen molar-refractivity contribution in [1.29, 1.82) is 0 Å². The van der Waals surface area contributed by atoms with Crippen LogP contribution in [0.4, 0.5) is 29.3 Å². The van der Waals surface area contributed by atoms with E-state index < -0.39 is 53.9 Å². The standard InChI is InChI=1S/C16H13F3N4O5/c17-16(18,19)6-1-9-12(28-5-11(24)20-9)10(2-6)21-15(27)23-3-7-8(4-23)14(26)22-13(7)25/h1-2,7-8H,3-5H2,(H,20,24)(H,21,27)(H,22,25,26)/t7-,8+. The van der Waals surface area contributed by atoms with Gasteiger partial charge in [0.2, 0.25) is 11.8 Å². The van der Waals surface area contributed by atoms with E-state index in [0.29, 0.717) is 12.1 Å². The predicted octanol–water partition coefficient (Wildman–Crippen LogP) is 0.773. The number of fused-ring (bicyclic) bond motifs is 2. The Hall–Kier alpha value is -3.31. The number of anilines is 2. The summed E-state index contributed by atoms with van der Waals surface area (Å²) >= 11 is 0. The summed E-state index contributed by atoms with van der Waals surface area (Å²) in [6, 6.07) is 0.630. The third-order valence-electron chi connectivity index (χ3n) is 4.81. The minimum atomic E-state index is -4.72. The van der Waals surface area contributed by atoms with Gasteiger partial charge in [0.15, 0.2) is 12.4 Å². The van der Waals surface area contributed by atoms with Crippen molar-refractivity contribution in [3.63, 3.8) is 0 Å². The Morgan fingerprint density at radius 3 is 2.36 bits per heavy atom. The number of ether oxygens (including phenoxy) is 1. The maximum absolute atomic E-state index is 13.2. The number of nitrogens with zero attached hydrogens (tertiary/aromatic N) is 1. The number of carbonyl (C=O) groups excluding carboxylic acids is 4. The minimum Gasteiger partial charge on any atom is -0.479 e. The van der Waals surface area contributed by atoms with Crippen LogP contribution in [0.25, 0.3) is 0 Å². The van der Waals surface area contributed by atoms with Gasteiger partial charge >= 0.3 is 12.2 Å². The summed E-state index contributed by atoms with van der Waals surface area (Å²) in [4.78, 5) is 48.5. The number of halogens is 3. The van der Waals surface area contributed by atoms with Crippen LogP contribution >= 0.6 is 0 Å². The van der Waals surface area contributed by atoms with Gasteiger partial charge in [0, 0.05) is 13.1 Å². The molecule has 0 radical (unpaired) electrons. The number of carbonyl (C=O) groups is 4. The first-order valence-electron chi connectivity index (χ1n) is 8.22. The highest BCUT2D eigenvalue weighted by Crippen LogP contribution is 2.42. The molecule has 0 spiro atoms. The molecule has 2 atom stereocenters. The molecule has 1 aromatic carbocycles. The second-order valence-corrected chi connectivity index (χ2v) is 6.64. The molecule has 3 heterocycles. The molecule has 28 heavy (non-hydrogen) atoms. The smallest absolute Gasteiger partial charge is 0.416 e. The van der Waals surface area contributed by atoms with Gasteiger partial charge in [-0.3, -0.25) is 19.7 Å². The Kier molecular flexibility index (Phi) is 3.94. The summed E-state index contributed by atoms with van der Waals surface area (Å²) in [5, 5.41) is 6.77. The Bertz CT molecular complexity index is 894. The Morgan fingerprint density at radius 2 is 1.75 bits per heavy atom. The summed E-state index contributed by atoms with van der Waals surface area (Å²) in [5.41, 5.74) is -1.57. The third kappa shape index (κ3) is 3.00. The number of hydrogen-bond donors (Lipinski definition) is 3. The first-order valence-corrected chi connectivity index (χ1v) is 8.22. The molecule has 4 rings (SSSR count). The fraction of sp³-hybridized carbons (Fsp3) is 0.375. The lowest BCUT2D eigenvalue weighted by Gasteiger charge is -2.24. The highest BCUT2D eigenvalue weighted by molar-refractivity contribution is 6.07. The average Bonchev–Trinajstić information content (AvgIpc) is 3.15. The number of imide groups is 1. The zero-order valence-corrected chi connectivity index (χ0v) is 14.1. The van der Waals surface area contributed by atoms with Crippen LogP contribution in [0, 0.1) is 11.8 Å². The van der Waals surface area contributed by atoms with E-state index in [9.17, 15) is 32.3 Å². The van der Waals surface area contributed by atoms with E-state index in [1.807, 2.05) is 0 Å². The van der Waals surface area contributed by atoms with Gasteiger partial charge in [0.1, 0.15) is 0 Å². The van der Waals surface area contributed by atoms with Crippen molar-refractivity contribution < 1.29 is 37.1 Å². The Labute approximate surface area is 155 Å². The van der Waals surface area contributed by atoms with E-state index in [2.05, 4.69) is 16.0 Å². The maximum Gasteiger partial charge on any atom is 0.416 e. The summed E-state index contributed by atoms with van der Waals surface area (Å²) in [7, 11) is 0. The van der Waals surface area contributed by atoms with Crippen molar-refractivity contribution >= 4 is 35.1 Å². The summed E-state index contributed by atoms with van der Waals surface area (Å²) in [6.07, 6.45) is -4.72. The van der Waals surface area contributed by atoms with E-state index in [4.69, 9.17) is 4.74 Å². The minimum absolute atomic E-state index is 0.0349. The van der Waals surface area contributed by atoms with Crippen LogP contribution in [-0.4, -0.2) is 48.3 Å². The first kappa shape index (κ1) is 18.1. The predicted molar refractivity (Wildman–Crippen MR) is 86.3 cm³/mol. The highest BCUT2D eigenvalue weighted by atomic mass is 19.4. The molecule has 3 N–H and O–H groups in total. The molecule has 9 nitrogen and oxygen atoms in total. The third-order valence-corrected chi connectivity index (χ3v) is 4.81. The topological polar surface area (TPSA) is 117 Å². The monoisotopic (exact) mass is 398 g/mol. The molecular formula is C16H13F3N4O5. The van der Waals surface area contributed by atoms with Crippen LogP contribution in [0.5, 0.6) is 5.75 Å². The summed E-state index contributed by atoms with van der Waals surface area (Å²) in [5.74, 6) is -3.04. The second kappa shape index (κ2) is 6.11. The number of hydrogen-bond acceptors (Lipinski definition) is 5. The van der Waals surface area contributed by atoms with Gasteiger partial charge in [-0.25, -0.2) is 4.79 Å². The molecule has 0 aliphatic carbocycles. The molecule has 0 saturated carbocycles. The lowest BCUT2D eigenvalue weighted by atomic mass is 10.00. The van der Waals surface area contributed by atoms with Crippen molar-refractivity contribution in [2.45, 2.75) is 6.18 Å². The largest absolute Gasteiger partial charge is 0.479 e. The molecule has 2 fully saturated rings. The van der Waals surface area contributed by atoms with Crippen LogP contribution < -0.4 is 20.7 Å². The van der Waals surface area contributed by atoms with Crippen LogP contribution in [0.15, 0.2) is 12.1 Å². The Morgan fingerprint density at radius 1 is 1.11 bits per heavy atom. The molecule has 0 bridgehead atoms. The molecule has 2 saturated heterocycles. The van der Waals surface area contributed by atoms with Crippen molar-refractivity contribution in [3.05, 3.63) is 17.7 Å². The fourth-order valence-corrected chi connectivity index (χ4v) is 3.46. The molecule has 0 unspecified atom stereocenters. The number of rotatable bonds is 1. The van der Waals surface area contributed by atoms with Crippen LogP contribution in [0.1, 0.15) is 5.56 Å². The maximum atomic E-state index is 13.2. The molecular weight excluding hydrogens is 385 g/mol. The van der Waals surface area contributed by atoms with Crippen LogP contribution in [0.3, 0.4) is 0 Å². The SMILES string of the molecule is O=C1COc2c(cc(C(F)(F)F)cc2NC(=O)N2C[C@@H]3C(=O)NC(=O)[C@@H]3C2)N1. The molecule has 148 valence electrons. The normalized spacial score (nSPS) is 23.5. The van der Waals surface area contributed by atoms with E-state index in [0.717, 1.165) is 0 Å². The number of alkyl halides is 3. The number of benzene rings is 1. The first-order chi connectivity index (χ1) is 13.1. The van der Waals surface area contributed by atoms with Gasteiger partial charge in [0.25, 0.3) is 5.91 Å². The van der Waals surface area contributed by atoms with Gasteiger partial charge in [-0.2, -0.15) is 13.2 Å². The molecule has 5 amide bonds. The molecule has 0 aromatic heterocycles. The Balaban J connectivity index is 1.60. The zero-order chi connectivity index (χ0) is 20.2. The van der Waals surface area contributed by atoms with Gasteiger partial charge in [-0.15, -0.1) is 0 Å². The second-order valence-electron chi connectivity index (χ2n) is 6.64. The molecule has 3 aliphatic rings. The van der Waals surface area contributed by atoms with Gasteiger partial charge in [-0.05, 0) is 12.1 Å². The van der Waals surface area contributed by atoms with E-state index >= 15 is 0 Å². The van der Waals surface area contributed by atoms with E-state index in [1.165, 1.54) is 4.90 Å². The summed E-state index contributed by atoms with van der Waals surface area (Å²) < 4.78 is 44.6. The van der Waals surface area contributed by atoms with Gasteiger partial charge in [-0.1, -0.05) is 0 Å². The van der Waals surface area contributed by atoms with Crippen molar-refractivity contribution in [3.8, 4) is 5.75 Å². The van der Waals surface area contributed by atoms with E-state index in [1.54, 1.807) is 0 Å². The number of likely N-dealkylation sites (tertiary alicyclic amines) is 1. The number of amides is 5.